The van der Waals surface area contributed by atoms with Crippen LogP contribution in [-0.2, 0) is 25.6 Å². The molecule has 28 heavy (non-hydrogen) atoms. The van der Waals surface area contributed by atoms with Gasteiger partial charge in [-0.3, -0.25) is 19.6 Å². The molecule has 0 aliphatic carbocycles. The first-order valence-electron chi connectivity index (χ1n) is 10.0. The number of nitrogens with one attached hydrogen (secondary N) is 1. The zero-order chi connectivity index (χ0) is 19.7. The average Bonchev–Trinajstić information content (AvgIpc) is 3.27. The summed E-state index contributed by atoms with van der Waals surface area (Å²) in [7, 11) is 0. The van der Waals surface area contributed by atoms with Crippen molar-refractivity contribution in [2.45, 2.75) is 44.4 Å². The highest BCUT2D eigenvalue weighted by atomic mass is 16.6. The van der Waals surface area contributed by atoms with Crippen molar-refractivity contribution >= 4 is 11.8 Å². The maximum absolute atomic E-state index is 12.9. The molecule has 3 atom stereocenters. The van der Waals surface area contributed by atoms with Gasteiger partial charge in [0.15, 0.2) is 0 Å². The third kappa shape index (κ3) is 4.06. The fourth-order valence-electron chi connectivity index (χ4n) is 4.53. The molecule has 3 aliphatic heterocycles. The van der Waals surface area contributed by atoms with Gasteiger partial charge in [-0.15, -0.1) is 0 Å². The minimum atomic E-state index is -0.515. The number of nitrogens with two attached hydrogens (primary N) is 1. The summed E-state index contributed by atoms with van der Waals surface area (Å²) in [5.74, 6) is -0.639. The number of likely N-dealkylation sites (tertiary alicyclic amines) is 1. The van der Waals surface area contributed by atoms with E-state index in [2.05, 4.69) is 15.1 Å². The molecule has 9 heteroatoms. The van der Waals surface area contributed by atoms with Gasteiger partial charge in [-0.1, -0.05) is 0 Å². The van der Waals surface area contributed by atoms with Crippen LogP contribution >= 0.6 is 0 Å². The van der Waals surface area contributed by atoms with Crippen LogP contribution in [0.5, 0.6) is 0 Å². The van der Waals surface area contributed by atoms with E-state index in [0.717, 1.165) is 37.3 Å². The summed E-state index contributed by atoms with van der Waals surface area (Å²) in [6.07, 6.45) is 1.57. The highest BCUT2D eigenvalue weighted by Crippen LogP contribution is 2.33. The summed E-state index contributed by atoms with van der Waals surface area (Å²) in [6.45, 7) is 6.36. The molecule has 0 aromatic carbocycles. The number of morpholine rings is 1. The van der Waals surface area contributed by atoms with Gasteiger partial charge in [0.1, 0.15) is 11.7 Å². The van der Waals surface area contributed by atoms with Gasteiger partial charge < -0.3 is 20.1 Å². The first-order chi connectivity index (χ1) is 13.4. The summed E-state index contributed by atoms with van der Waals surface area (Å²) in [5.41, 5.74) is 7.03. The Morgan fingerprint density at radius 3 is 3.04 bits per heavy atom. The number of carbonyl (C=O) groups is 2. The van der Waals surface area contributed by atoms with Crippen LogP contribution in [0.2, 0.25) is 0 Å². The highest BCUT2D eigenvalue weighted by molar-refractivity contribution is 5.83. The number of ether oxygens (including phenoxy) is 2. The van der Waals surface area contributed by atoms with Gasteiger partial charge in [-0.2, -0.15) is 5.10 Å². The second-order valence-electron chi connectivity index (χ2n) is 8.31. The zero-order valence-corrected chi connectivity index (χ0v) is 16.4. The van der Waals surface area contributed by atoms with Crippen LogP contribution < -0.4 is 5.73 Å². The predicted molar refractivity (Wildman–Crippen MR) is 100 cm³/mol. The SMILES string of the molecule is Cc1cc(CN2CCOC3(COC(C(=O)N4CCCC(C(N)=O)C4)C3)C2)n[nH]1. The third-order valence-corrected chi connectivity index (χ3v) is 5.99. The van der Waals surface area contributed by atoms with Crippen molar-refractivity contribution in [2.75, 3.05) is 39.4 Å². The smallest absolute Gasteiger partial charge is 0.251 e. The van der Waals surface area contributed by atoms with Gasteiger partial charge >= 0.3 is 0 Å². The van der Waals surface area contributed by atoms with Crippen molar-refractivity contribution in [2.24, 2.45) is 11.7 Å². The summed E-state index contributed by atoms with van der Waals surface area (Å²) in [5, 5.41) is 7.29. The Morgan fingerprint density at radius 1 is 1.43 bits per heavy atom. The van der Waals surface area contributed by atoms with Crippen molar-refractivity contribution in [3.63, 3.8) is 0 Å². The fourth-order valence-corrected chi connectivity index (χ4v) is 4.53. The van der Waals surface area contributed by atoms with Gasteiger partial charge in [0.05, 0.1) is 24.8 Å². The van der Waals surface area contributed by atoms with Crippen LogP contribution in [0.25, 0.3) is 0 Å². The van der Waals surface area contributed by atoms with Gasteiger partial charge in [0.2, 0.25) is 5.91 Å². The Morgan fingerprint density at radius 2 is 2.29 bits per heavy atom. The number of amides is 2. The van der Waals surface area contributed by atoms with Crippen LogP contribution in [0, 0.1) is 12.8 Å². The molecule has 4 rings (SSSR count). The lowest BCUT2D eigenvalue weighted by molar-refractivity contribution is -0.143. The molecule has 3 aliphatic rings. The van der Waals surface area contributed by atoms with E-state index in [9.17, 15) is 9.59 Å². The maximum Gasteiger partial charge on any atom is 0.251 e. The van der Waals surface area contributed by atoms with Crippen LogP contribution in [0.3, 0.4) is 0 Å². The second kappa shape index (κ2) is 7.81. The van der Waals surface area contributed by atoms with E-state index in [0.29, 0.717) is 39.3 Å². The third-order valence-electron chi connectivity index (χ3n) is 5.99. The number of nitrogens with zero attached hydrogens (tertiary/aromatic N) is 3. The number of hydrogen-bond donors (Lipinski definition) is 2. The van der Waals surface area contributed by atoms with Gasteiger partial charge in [-0.05, 0) is 25.8 Å². The number of rotatable bonds is 4. The molecular formula is C19H29N5O4. The van der Waals surface area contributed by atoms with Crippen molar-refractivity contribution in [3.8, 4) is 0 Å². The first kappa shape index (κ1) is 19.4. The summed E-state index contributed by atoms with van der Waals surface area (Å²) < 4.78 is 12.0. The van der Waals surface area contributed by atoms with E-state index >= 15 is 0 Å². The van der Waals surface area contributed by atoms with Crippen LogP contribution in [0.1, 0.15) is 30.7 Å². The average molecular weight is 391 g/mol. The van der Waals surface area contributed by atoms with E-state index in [1.807, 2.05) is 13.0 Å². The minimum Gasteiger partial charge on any atom is -0.370 e. The van der Waals surface area contributed by atoms with Crippen LogP contribution in [-0.4, -0.2) is 82.9 Å². The first-order valence-corrected chi connectivity index (χ1v) is 10.0. The zero-order valence-electron chi connectivity index (χ0n) is 16.4. The predicted octanol–water partition coefficient (Wildman–Crippen LogP) is -0.198. The number of aryl methyl sites for hydroxylation is 1. The molecule has 3 fully saturated rings. The summed E-state index contributed by atoms with van der Waals surface area (Å²) in [4.78, 5) is 28.5. The molecule has 3 saturated heterocycles. The standard InChI is InChI=1S/C19H29N5O4/c1-13-7-15(22-21-13)10-23-5-6-28-19(11-23)8-16(27-12-19)18(26)24-4-2-3-14(9-24)17(20)25/h7,14,16H,2-6,8-12H2,1H3,(H2,20,25)(H,21,22). The molecule has 3 unspecified atom stereocenters. The molecule has 0 bridgehead atoms. The minimum absolute atomic E-state index is 0.0496. The molecule has 1 aromatic rings. The molecule has 3 N–H and O–H groups in total. The second-order valence-corrected chi connectivity index (χ2v) is 8.31. The Hall–Kier alpha value is -1.97. The highest BCUT2D eigenvalue weighted by Gasteiger charge is 2.48. The number of piperidine rings is 1. The van der Waals surface area contributed by atoms with E-state index < -0.39 is 11.7 Å². The topological polar surface area (TPSA) is 114 Å². The molecule has 1 spiro atoms. The monoisotopic (exact) mass is 391 g/mol. The summed E-state index contributed by atoms with van der Waals surface area (Å²) in [6, 6.07) is 2.05. The molecule has 9 nitrogen and oxygen atoms in total. The number of carbonyl (C=O) groups excluding carboxylic acids is 2. The van der Waals surface area contributed by atoms with E-state index in [-0.39, 0.29) is 17.7 Å². The lowest BCUT2D eigenvalue weighted by Crippen LogP contribution is -2.53. The molecular weight excluding hydrogens is 362 g/mol. The lowest BCUT2D eigenvalue weighted by atomic mass is 9.94. The molecule has 154 valence electrons. The summed E-state index contributed by atoms with van der Waals surface area (Å²) >= 11 is 0. The van der Waals surface area contributed by atoms with Gasteiger partial charge in [-0.25, -0.2) is 0 Å². The Labute approximate surface area is 164 Å². The number of primary amides is 1. The van der Waals surface area contributed by atoms with Gasteiger partial charge in [0.25, 0.3) is 5.91 Å². The quantitative estimate of drug-likeness (QED) is 0.735. The van der Waals surface area contributed by atoms with Crippen molar-refractivity contribution < 1.29 is 19.1 Å². The van der Waals surface area contributed by atoms with E-state index in [1.165, 1.54) is 0 Å². The van der Waals surface area contributed by atoms with E-state index in [1.54, 1.807) is 4.90 Å². The Kier molecular flexibility index (Phi) is 5.39. The number of aromatic nitrogens is 2. The fraction of sp³-hybridized carbons (Fsp3) is 0.737. The number of H-pyrrole nitrogens is 1. The Bertz CT molecular complexity index is 738. The Balaban J connectivity index is 1.35. The van der Waals surface area contributed by atoms with Gasteiger partial charge in [0, 0.05) is 44.8 Å². The molecule has 0 saturated carbocycles. The van der Waals surface area contributed by atoms with Crippen LogP contribution in [0.15, 0.2) is 6.07 Å². The number of hydrogen-bond acceptors (Lipinski definition) is 6. The van der Waals surface area contributed by atoms with Crippen molar-refractivity contribution in [1.29, 1.82) is 0 Å². The molecule has 0 radical (unpaired) electrons. The maximum atomic E-state index is 12.9. The molecule has 2 amide bonds. The normalized spacial score (nSPS) is 31.4. The van der Waals surface area contributed by atoms with Crippen LogP contribution in [0.4, 0.5) is 0 Å². The molecule has 1 aromatic heterocycles. The van der Waals surface area contributed by atoms with Crippen molar-refractivity contribution in [3.05, 3.63) is 17.5 Å². The van der Waals surface area contributed by atoms with Crippen molar-refractivity contribution in [1.82, 2.24) is 20.0 Å². The molecule has 4 heterocycles. The number of aromatic amines is 1. The van der Waals surface area contributed by atoms with E-state index in [4.69, 9.17) is 15.2 Å². The largest absolute Gasteiger partial charge is 0.370 e. The lowest BCUT2D eigenvalue weighted by Gasteiger charge is -2.39.